The van der Waals surface area contributed by atoms with Crippen molar-refractivity contribution in [1.29, 1.82) is 0 Å². The Bertz CT molecular complexity index is 770. The SMILES string of the molecule is CNc1cc(C(=O)NCc2cncs2)c2ccccc2n1. The molecule has 1 amide bonds. The highest BCUT2D eigenvalue weighted by Crippen LogP contribution is 2.20. The molecule has 6 heteroatoms. The van der Waals surface area contributed by atoms with Gasteiger partial charge in [0.25, 0.3) is 5.91 Å². The Hall–Kier alpha value is -2.47. The Morgan fingerprint density at radius 1 is 1.33 bits per heavy atom. The summed E-state index contributed by atoms with van der Waals surface area (Å²) >= 11 is 1.52. The van der Waals surface area contributed by atoms with Crippen LogP contribution in [-0.2, 0) is 6.54 Å². The van der Waals surface area contributed by atoms with Crippen molar-refractivity contribution in [1.82, 2.24) is 15.3 Å². The number of benzene rings is 1. The predicted octanol–water partition coefficient (Wildman–Crippen LogP) is 2.66. The fourth-order valence-electron chi connectivity index (χ4n) is 2.08. The van der Waals surface area contributed by atoms with Gasteiger partial charge in [0.05, 0.1) is 23.1 Å². The lowest BCUT2D eigenvalue weighted by Gasteiger charge is -2.09. The number of pyridine rings is 1. The summed E-state index contributed by atoms with van der Waals surface area (Å²) in [7, 11) is 1.79. The Morgan fingerprint density at radius 2 is 2.19 bits per heavy atom. The van der Waals surface area contributed by atoms with E-state index in [1.165, 1.54) is 11.3 Å². The summed E-state index contributed by atoms with van der Waals surface area (Å²) in [5.41, 5.74) is 3.17. The van der Waals surface area contributed by atoms with Crippen LogP contribution in [0.15, 0.2) is 42.0 Å². The van der Waals surface area contributed by atoms with Crippen molar-refractivity contribution < 1.29 is 4.79 Å². The number of para-hydroxylation sites is 1. The van der Waals surface area contributed by atoms with Gasteiger partial charge in [0, 0.05) is 23.5 Å². The lowest BCUT2D eigenvalue weighted by atomic mass is 10.1. The second-order valence-electron chi connectivity index (χ2n) is 4.47. The number of carbonyl (C=O) groups is 1. The van der Waals surface area contributed by atoms with Crippen molar-refractivity contribution in [3.8, 4) is 0 Å². The van der Waals surface area contributed by atoms with Crippen molar-refractivity contribution in [2.75, 3.05) is 12.4 Å². The number of carbonyl (C=O) groups excluding carboxylic acids is 1. The molecular formula is C15H14N4OS. The minimum atomic E-state index is -0.112. The van der Waals surface area contributed by atoms with Crippen molar-refractivity contribution >= 4 is 34.0 Å². The van der Waals surface area contributed by atoms with Crippen molar-refractivity contribution in [3.63, 3.8) is 0 Å². The standard InChI is InChI=1S/C15H14N4OS/c1-16-14-6-12(11-4-2-3-5-13(11)19-14)15(20)18-8-10-7-17-9-21-10/h2-7,9H,8H2,1H3,(H,16,19)(H,18,20). The Kier molecular flexibility index (Phi) is 3.79. The summed E-state index contributed by atoms with van der Waals surface area (Å²) in [5, 5.41) is 6.75. The first-order chi connectivity index (χ1) is 10.3. The van der Waals surface area contributed by atoms with Crippen LogP contribution in [0.25, 0.3) is 10.9 Å². The quantitative estimate of drug-likeness (QED) is 0.777. The minimum Gasteiger partial charge on any atom is -0.373 e. The zero-order valence-electron chi connectivity index (χ0n) is 11.5. The van der Waals surface area contributed by atoms with Gasteiger partial charge in [-0.25, -0.2) is 4.98 Å². The predicted molar refractivity (Wildman–Crippen MR) is 84.6 cm³/mol. The first-order valence-electron chi connectivity index (χ1n) is 6.51. The van der Waals surface area contributed by atoms with Crippen LogP contribution in [0.1, 0.15) is 15.2 Å². The van der Waals surface area contributed by atoms with Crippen molar-refractivity contribution in [3.05, 3.63) is 52.5 Å². The third kappa shape index (κ3) is 2.85. The smallest absolute Gasteiger partial charge is 0.252 e. The first-order valence-corrected chi connectivity index (χ1v) is 7.39. The molecule has 0 unspecified atom stereocenters. The van der Waals surface area contributed by atoms with Crippen LogP contribution in [0.2, 0.25) is 0 Å². The fourth-order valence-corrected chi connectivity index (χ4v) is 2.62. The molecule has 0 atom stereocenters. The lowest BCUT2D eigenvalue weighted by molar-refractivity contribution is 0.0953. The van der Waals surface area contributed by atoms with Gasteiger partial charge in [0.15, 0.2) is 0 Å². The molecule has 0 spiro atoms. The van der Waals surface area contributed by atoms with Gasteiger partial charge in [-0.1, -0.05) is 18.2 Å². The molecule has 3 aromatic rings. The number of anilines is 1. The van der Waals surface area contributed by atoms with Crippen LogP contribution in [0.3, 0.4) is 0 Å². The average Bonchev–Trinajstić information content (AvgIpc) is 3.05. The minimum absolute atomic E-state index is 0.112. The zero-order valence-corrected chi connectivity index (χ0v) is 12.3. The second-order valence-corrected chi connectivity index (χ2v) is 5.44. The van der Waals surface area contributed by atoms with Gasteiger partial charge in [0.1, 0.15) is 5.82 Å². The molecule has 0 bridgehead atoms. The zero-order chi connectivity index (χ0) is 14.7. The average molecular weight is 298 g/mol. The Morgan fingerprint density at radius 3 is 2.95 bits per heavy atom. The van der Waals surface area contributed by atoms with E-state index in [1.807, 2.05) is 24.3 Å². The highest BCUT2D eigenvalue weighted by molar-refractivity contribution is 7.09. The molecule has 0 aliphatic heterocycles. The van der Waals surface area contributed by atoms with Gasteiger partial charge in [-0.05, 0) is 12.1 Å². The molecule has 0 aliphatic rings. The van der Waals surface area contributed by atoms with Gasteiger partial charge in [-0.15, -0.1) is 11.3 Å². The maximum Gasteiger partial charge on any atom is 0.252 e. The van der Waals surface area contributed by atoms with E-state index < -0.39 is 0 Å². The van der Waals surface area contributed by atoms with E-state index >= 15 is 0 Å². The van der Waals surface area contributed by atoms with Gasteiger partial charge >= 0.3 is 0 Å². The molecule has 2 N–H and O–H groups in total. The number of nitrogens with one attached hydrogen (secondary N) is 2. The van der Waals surface area contributed by atoms with Crippen LogP contribution in [0, 0.1) is 0 Å². The van der Waals surface area contributed by atoms with Gasteiger partial charge in [0.2, 0.25) is 0 Å². The Balaban J connectivity index is 1.92. The number of amides is 1. The Labute approximate surface area is 126 Å². The number of nitrogens with zero attached hydrogens (tertiary/aromatic N) is 2. The first kappa shape index (κ1) is 13.5. The van der Waals surface area contributed by atoms with E-state index in [2.05, 4.69) is 20.6 Å². The molecule has 5 nitrogen and oxygen atoms in total. The van der Waals surface area contributed by atoms with Crippen LogP contribution < -0.4 is 10.6 Å². The highest BCUT2D eigenvalue weighted by Gasteiger charge is 2.12. The molecule has 0 fully saturated rings. The molecule has 106 valence electrons. The maximum atomic E-state index is 12.4. The summed E-state index contributed by atoms with van der Waals surface area (Å²) in [5.74, 6) is 0.565. The summed E-state index contributed by atoms with van der Waals surface area (Å²) < 4.78 is 0. The van der Waals surface area contributed by atoms with Crippen LogP contribution in [0.5, 0.6) is 0 Å². The van der Waals surface area contributed by atoms with Crippen LogP contribution in [-0.4, -0.2) is 22.9 Å². The number of aromatic nitrogens is 2. The maximum absolute atomic E-state index is 12.4. The monoisotopic (exact) mass is 298 g/mol. The number of fused-ring (bicyclic) bond motifs is 1. The normalized spacial score (nSPS) is 10.5. The molecular weight excluding hydrogens is 284 g/mol. The molecule has 0 aliphatic carbocycles. The summed E-state index contributed by atoms with van der Waals surface area (Å²) in [6, 6.07) is 9.39. The second kappa shape index (κ2) is 5.88. The molecule has 3 rings (SSSR count). The van der Waals surface area contributed by atoms with Gasteiger partial charge < -0.3 is 10.6 Å². The van der Waals surface area contributed by atoms with E-state index in [0.717, 1.165) is 15.8 Å². The number of hydrogen-bond donors (Lipinski definition) is 2. The molecule has 0 saturated carbocycles. The third-order valence-corrected chi connectivity index (χ3v) is 3.90. The molecule has 0 radical (unpaired) electrons. The summed E-state index contributed by atoms with van der Waals surface area (Å²) in [6.07, 6.45) is 1.76. The topological polar surface area (TPSA) is 66.9 Å². The van der Waals surface area contributed by atoms with Gasteiger partial charge in [-0.2, -0.15) is 0 Å². The molecule has 0 saturated heterocycles. The van der Waals surface area contributed by atoms with E-state index in [4.69, 9.17) is 0 Å². The summed E-state index contributed by atoms with van der Waals surface area (Å²) in [4.78, 5) is 21.9. The lowest BCUT2D eigenvalue weighted by Crippen LogP contribution is -2.23. The fraction of sp³-hybridized carbons (Fsp3) is 0.133. The van der Waals surface area contributed by atoms with E-state index in [9.17, 15) is 4.79 Å². The highest BCUT2D eigenvalue weighted by atomic mass is 32.1. The van der Waals surface area contributed by atoms with Crippen LogP contribution in [0.4, 0.5) is 5.82 Å². The molecule has 2 aromatic heterocycles. The van der Waals surface area contributed by atoms with Gasteiger partial charge in [-0.3, -0.25) is 9.78 Å². The number of hydrogen-bond acceptors (Lipinski definition) is 5. The molecule has 2 heterocycles. The van der Waals surface area contributed by atoms with Crippen molar-refractivity contribution in [2.45, 2.75) is 6.54 Å². The molecule has 1 aromatic carbocycles. The van der Waals surface area contributed by atoms with Crippen LogP contribution >= 0.6 is 11.3 Å². The number of thiazole rings is 1. The largest absolute Gasteiger partial charge is 0.373 e. The van der Waals surface area contributed by atoms with Crippen molar-refractivity contribution in [2.24, 2.45) is 0 Å². The van der Waals surface area contributed by atoms with E-state index in [0.29, 0.717) is 17.9 Å². The third-order valence-electron chi connectivity index (χ3n) is 3.12. The molecule has 21 heavy (non-hydrogen) atoms. The summed E-state index contributed by atoms with van der Waals surface area (Å²) in [6.45, 7) is 0.481. The number of rotatable bonds is 4. The van der Waals surface area contributed by atoms with E-state index in [1.54, 1.807) is 24.8 Å². The van der Waals surface area contributed by atoms with E-state index in [-0.39, 0.29) is 5.91 Å².